The van der Waals surface area contributed by atoms with Gasteiger partial charge in [0.25, 0.3) is 0 Å². The lowest BCUT2D eigenvalue weighted by molar-refractivity contribution is 0.137. The Bertz CT molecular complexity index is 243. The van der Waals surface area contributed by atoms with Crippen LogP contribution in [0.3, 0.4) is 0 Å². The van der Waals surface area contributed by atoms with Crippen molar-refractivity contribution in [3.63, 3.8) is 0 Å². The van der Waals surface area contributed by atoms with E-state index in [1.165, 1.54) is 32.1 Å². The number of nitrogens with one attached hydrogen (secondary N) is 1. The van der Waals surface area contributed by atoms with Gasteiger partial charge in [-0.1, -0.05) is 46.5 Å². The SMILES string of the molecule is CCCC1CCCC(CO)(NCCN(CC)CC)CC1. The van der Waals surface area contributed by atoms with Gasteiger partial charge in [-0.15, -0.1) is 0 Å². The summed E-state index contributed by atoms with van der Waals surface area (Å²) < 4.78 is 0. The molecule has 0 bridgehead atoms. The standard InChI is InChI=1S/C17H36N2O/c1-4-8-16-9-7-11-17(15-20,12-10-16)18-13-14-19(5-2)6-3/h16,18,20H,4-15H2,1-3H3. The van der Waals surface area contributed by atoms with E-state index >= 15 is 0 Å². The van der Waals surface area contributed by atoms with Crippen LogP contribution in [0.25, 0.3) is 0 Å². The van der Waals surface area contributed by atoms with Gasteiger partial charge in [-0.05, 0) is 38.3 Å². The summed E-state index contributed by atoms with van der Waals surface area (Å²) in [5, 5.41) is 13.6. The van der Waals surface area contributed by atoms with Gasteiger partial charge in [0.05, 0.1) is 6.61 Å². The summed E-state index contributed by atoms with van der Waals surface area (Å²) in [5.74, 6) is 0.887. The van der Waals surface area contributed by atoms with Crippen LogP contribution in [-0.2, 0) is 0 Å². The Morgan fingerprint density at radius 3 is 2.50 bits per heavy atom. The van der Waals surface area contributed by atoms with Gasteiger partial charge < -0.3 is 15.3 Å². The van der Waals surface area contributed by atoms with Crippen molar-refractivity contribution < 1.29 is 5.11 Å². The van der Waals surface area contributed by atoms with Crippen molar-refractivity contribution in [3.8, 4) is 0 Å². The van der Waals surface area contributed by atoms with Crippen LogP contribution in [0, 0.1) is 5.92 Å². The molecular formula is C17H36N2O. The lowest BCUT2D eigenvalue weighted by atomic mass is 9.89. The summed E-state index contributed by atoms with van der Waals surface area (Å²) in [6.07, 6.45) is 8.85. The fourth-order valence-electron chi connectivity index (χ4n) is 3.59. The molecule has 2 N–H and O–H groups in total. The normalized spacial score (nSPS) is 27.8. The summed E-state index contributed by atoms with van der Waals surface area (Å²) in [5.41, 5.74) is -0.00432. The number of rotatable bonds is 9. The number of likely N-dealkylation sites (N-methyl/N-ethyl adjacent to an activating group) is 1. The zero-order valence-corrected chi connectivity index (χ0v) is 14.0. The molecular weight excluding hydrogens is 248 g/mol. The molecule has 0 aliphatic heterocycles. The Morgan fingerprint density at radius 2 is 1.90 bits per heavy atom. The zero-order chi connectivity index (χ0) is 14.8. The minimum absolute atomic E-state index is 0.00432. The predicted octanol–water partition coefficient (Wildman–Crippen LogP) is 3.03. The topological polar surface area (TPSA) is 35.5 Å². The van der Waals surface area contributed by atoms with Gasteiger partial charge in [-0.2, -0.15) is 0 Å². The third kappa shape index (κ3) is 5.71. The van der Waals surface area contributed by atoms with Crippen molar-refractivity contribution in [1.82, 2.24) is 10.2 Å². The van der Waals surface area contributed by atoms with Crippen molar-refractivity contribution in [3.05, 3.63) is 0 Å². The Hall–Kier alpha value is -0.120. The molecule has 1 aliphatic rings. The quantitative estimate of drug-likeness (QED) is 0.639. The van der Waals surface area contributed by atoms with E-state index in [2.05, 4.69) is 31.0 Å². The van der Waals surface area contributed by atoms with Crippen LogP contribution in [0.1, 0.15) is 65.7 Å². The van der Waals surface area contributed by atoms with E-state index in [-0.39, 0.29) is 5.54 Å². The maximum atomic E-state index is 9.89. The van der Waals surface area contributed by atoms with Crippen LogP contribution in [0.15, 0.2) is 0 Å². The number of hydrogen-bond acceptors (Lipinski definition) is 3. The Morgan fingerprint density at radius 1 is 1.15 bits per heavy atom. The van der Waals surface area contributed by atoms with E-state index in [0.29, 0.717) is 6.61 Å². The molecule has 1 rings (SSSR count). The van der Waals surface area contributed by atoms with Crippen LogP contribution in [0.2, 0.25) is 0 Å². The molecule has 120 valence electrons. The second-order valence-corrected chi connectivity index (χ2v) is 6.48. The first-order valence-corrected chi connectivity index (χ1v) is 8.78. The molecule has 3 nitrogen and oxygen atoms in total. The summed E-state index contributed by atoms with van der Waals surface area (Å²) in [6, 6.07) is 0. The molecule has 3 heteroatoms. The Labute approximate surface area is 126 Å². The fourth-order valence-corrected chi connectivity index (χ4v) is 3.59. The molecule has 0 spiro atoms. The van der Waals surface area contributed by atoms with Gasteiger partial charge in [0, 0.05) is 18.6 Å². The van der Waals surface area contributed by atoms with Gasteiger partial charge in [0.15, 0.2) is 0 Å². The summed E-state index contributed by atoms with van der Waals surface area (Å²) >= 11 is 0. The molecule has 0 aromatic rings. The molecule has 0 saturated heterocycles. The lowest BCUT2D eigenvalue weighted by Gasteiger charge is -2.33. The van der Waals surface area contributed by atoms with Gasteiger partial charge in [0.1, 0.15) is 0 Å². The van der Waals surface area contributed by atoms with E-state index in [9.17, 15) is 5.11 Å². The van der Waals surface area contributed by atoms with Gasteiger partial charge >= 0.3 is 0 Å². The largest absolute Gasteiger partial charge is 0.394 e. The molecule has 1 aliphatic carbocycles. The summed E-state index contributed by atoms with van der Waals surface area (Å²) in [6.45, 7) is 11.3. The van der Waals surface area contributed by atoms with Crippen LogP contribution in [0.5, 0.6) is 0 Å². The van der Waals surface area contributed by atoms with Gasteiger partial charge in [0.2, 0.25) is 0 Å². The first-order chi connectivity index (χ1) is 9.69. The minimum Gasteiger partial charge on any atom is -0.394 e. The fraction of sp³-hybridized carbons (Fsp3) is 1.00. The highest BCUT2D eigenvalue weighted by molar-refractivity contribution is 4.90. The average Bonchev–Trinajstić information content (AvgIpc) is 2.68. The maximum Gasteiger partial charge on any atom is 0.0613 e. The number of aliphatic hydroxyl groups excluding tert-OH is 1. The average molecular weight is 284 g/mol. The summed E-state index contributed by atoms with van der Waals surface area (Å²) in [4.78, 5) is 2.44. The molecule has 0 aromatic carbocycles. The molecule has 0 amide bonds. The van der Waals surface area contributed by atoms with E-state index in [1.807, 2.05) is 0 Å². The molecule has 1 fully saturated rings. The summed E-state index contributed by atoms with van der Waals surface area (Å²) in [7, 11) is 0. The van der Waals surface area contributed by atoms with Crippen molar-refractivity contribution >= 4 is 0 Å². The van der Waals surface area contributed by atoms with E-state index < -0.39 is 0 Å². The Balaban J connectivity index is 2.42. The molecule has 1 saturated carbocycles. The molecule has 0 heterocycles. The maximum absolute atomic E-state index is 9.89. The molecule has 0 radical (unpaired) electrons. The van der Waals surface area contributed by atoms with Crippen LogP contribution >= 0.6 is 0 Å². The van der Waals surface area contributed by atoms with Gasteiger partial charge in [-0.3, -0.25) is 0 Å². The van der Waals surface area contributed by atoms with Crippen molar-refractivity contribution in [1.29, 1.82) is 0 Å². The van der Waals surface area contributed by atoms with Crippen molar-refractivity contribution in [2.75, 3.05) is 32.8 Å². The zero-order valence-electron chi connectivity index (χ0n) is 14.0. The molecule has 0 aromatic heterocycles. The van der Waals surface area contributed by atoms with Crippen LogP contribution in [-0.4, -0.2) is 48.3 Å². The third-order valence-corrected chi connectivity index (χ3v) is 5.12. The van der Waals surface area contributed by atoms with E-state index in [1.54, 1.807) is 0 Å². The first-order valence-electron chi connectivity index (χ1n) is 8.78. The molecule has 2 atom stereocenters. The van der Waals surface area contributed by atoms with E-state index in [4.69, 9.17) is 0 Å². The monoisotopic (exact) mass is 284 g/mol. The second-order valence-electron chi connectivity index (χ2n) is 6.48. The Kier molecular flexibility index (Phi) is 8.74. The highest BCUT2D eigenvalue weighted by Gasteiger charge is 2.31. The predicted molar refractivity (Wildman–Crippen MR) is 87.1 cm³/mol. The van der Waals surface area contributed by atoms with Crippen molar-refractivity contribution in [2.24, 2.45) is 5.92 Å². The highest BCUT2D eigenvalue weighted by Crippen LogP contribution is 2.32. The van der Waals surface area contributed by atoms with Crippen LogP contribution in [0.4, 0.5) is 0 Å². The first kappa shape index (κ1) is 17.9. The van der Waals surface area contributed by atoms with Crippen molar-refractivity contribution in [2.45, 2.75) is 71.3 Å². The lowest BCUT2D eigenvalue weighted by Crippen LogP contribution is -2.50. The van der Waals surface area contributed by atoms with Crippen LogP contribution < -0.4 is 5.32 Å². The number of hydrogen-bond donors (Lipinski definition) is 2. The number of aliphatic hydroxyl groups is 1. The minimum atomic E-state index is -0.00432. The highest BCUT2D eigenvalue weighted by atomic mass is 16.3. The van der Waals surface area contributed by atoms with E-state index in [0.717, 1.165) is 44.9 Å². The second kappa shape index (κ2) is 9.75. The number of nitrogens with zero attached hydrogens (tertiary/aromatic N) is 1. The smallest absolute Gasteiger partial charge is 0.0613 e. The molecule has 2 unspecified atom stereocenters. The molecule has 20 heavy (non-hydrogen) atoms. The third-order valence-electron chi connectivity index (χ3n) is 5.12. The van der Waals surface area contributed by atoms with Gasteiger partial charge in [-0.25, -0.2) is 0 Å².